The van der Waals surface area contributed by atoms with Gasteiger partial charge >= 0.3 is 5.97 Å². The lowest BCUT2D eigenvalue weighted by atomic mass is 10.2. The number of phenols is 1. The van der Waals surface area contributed by atoms with Crippen LogP contribution >= 0.6 is 0 Å². The number of unbranched alkanes of at least 4 members (excludes halogenated alkanes) is 2. The van der Waals surface area contributed by atoms with E-state index in [9.17, 15) is 14.7 Å². The van der Waals surface area contributed by atoms with Crippen LogP contribution in [0.15, 0.2) is 48.5 Å². The van der Waals surface area contributed by atoms with Gasteiger partial charge in [-0.15, -0.1) is 0 Å². The molecular weight excluding hydrogens is 320 g/mol. The summed E-state index contributed by atoms with van der Waals surface area (Å²) in [7, 11) is 1.59. The molecule has 0 spiro atoms. The van der Waals surface area contributed by atoms with Crippen LogP contribution in [0.25, 0.3) is 0 Å². The standard InChI is InChI=1S/C12H16O3.C8H8O2/c1-2-3-6-9-15-12(14)10-7-4-5-8-11(10)13;1-10-8-4-2-7(6-9)3-5-8/h4-5,7-8,13H,2-3,6,9H2,1H3;2-6H,1H3. The summed E-state index contributed by atoms with van der Waals surface area (Å²) in [5, 5.41) is 9.38. The summed E-state index contributed by atoms with van der Waals surface area (Å²) in [4.78, 5) is 21.6. The van der Waals surface area contributed by atoms with Crippen molar-refractivity contribution in [1.29, 1.82) is 0 Å². The third-order valence-corrected chi connectivity index (χ3v) is 3.36. The number of carbonyl (C=O) groups excluding carboxylic acids is 2. The van der Waals surface area contributed by atoms with Gasteiger partial charge in [-0.1, -0.05) is 31.9 Å². The van der Waals surface area contributed by atoms with Crippen molar-refractivity contribution in [2.75, 3.05) is 13.7 Å². The van der Waals surface area contributed by atoms with Crippen LogP contribution in [0.3, 0.4) is 0 Å². The third-order valence-electron chi connectivity index (χ3n) is 3.36. The van der Waals surface area contributed by atoms with Crippen molar-refractivity contribution in [2.45, 2.75) is 26.2 Å². The molecule has 1 N–H and O–H groups in total. The van der Waals surface area contributed by atoms with E-state index in [4.69, 9.17) is 9.47 Å². The molecule has 0 aliphatic carbocycles. The molecule has 2 rings (SSSR count). The van der Waals surface area contributed by atoms with E-state index in [2.05, 4.69) is 6.92 Å². The molecule has 0 saturated carbocycles. The predicted octanol–water partition coefficient (Wildman–Crippen LogP) is 4.25. The maximum atomic E-state index is 11.4. The Bertz CT molecular complexity index is 649. The number of carbonyl (C=O) groups is 2. The molecule has 0 amide bonds. The van der Waals surface area contributed by atoms with Gasteiger partial charge in [-0.25, -0.2) is 4.79 Å². The molecule has 0 aliphatic heterocycles. The van der Waals surface area contributed by atoms with Gasteiger partial charge in [0.05, 0.1) is 13.7 Å². The van der Waals surface area contributed by atoms with Crippen molar-refractivity contribution in [3.63, 3.8) is 0 Å². The molecular formula is C20H24O5. The van der Waals surface area contributed by atoms with Gasteiger partial charge in [0.1, 0.15) is 23.3 Å². The first kappa shape index (κ1) is 20.2. The average molecular weight is 344 g/mol. The van der Waals surface area contributed by atoms with Gasteiger partial charge in [-0.2, -0.15) is 0 Å². The van der Waals surface area contributed by atoms with Crippen LogP contribution in [0.1, 0.15) is 46.9 Å². The van der Waals surface area contributed by atoms with Crippen molar-refractivity contribution < 1.29 is 24.2 Å². The Kier molecular flexibility index (Phi) is 9.45. The van der Waals surface area contributed by atoms with E-state index in [1.807, 2.05) is 0 Å². The molecule has 0 aromatic heterocycles. The van der Waals surface area contributed by atoms with E-state index >= 15 is 0 Å². The number of hydrogen-bond acceptors (Lipinski definition) is 5. The second-order valence-electron chi connectivity index (χ2n) is 5.25. The lowest BCUT2D eigenvalue weighted by Crippen LogP contribution is -2.06. The monoisotopic (exact) mass is 344 g/mol. The lowest BCUT2D eigenvalue weighted by Gasteiger charge is -2.05. The Morgan fingerprint density at radius 3 is 2.32 bits per heavy atom. The van der Waals surface area contributed by atoms with Crippen LogP contribution in [0.4, 0.5) is 0 Å². The highest BCUT2D eigenvalue weighted by Crippen LogP contribution is 2.16. The van der Waals surface area contributed by atoms with Crippen LogP contribution < -0.4 is 4.74 Å². The fraction of sp³-hybridized carbons (Fsp3) is 0.300. The van der Waals surface area contributed by atoms with Gasteiger partial charge in [0.25, 0.3) is 0 Å². The van der Waals surface area contributed by atoms with Crippen LogP contribution in [0, 0.1) is 0 Å². The Morgan fingerprint density at radius 2 is 1.76 bits per heavy atom. The van der Waals surface area contributed by atoms with E-state index in [-0.39, 0.29) is 11.3 Å². The highest BCUT2D eigenvalue weighted by atomic mass is 16.5. The zero-order valence-corrected chi connectivity index (χ0v) is 14.6. The second-order valence-corrected chi connectivity index (χ2v) is 5.25. The number of esters is 1. The first-order valence-corrected chi connectivity index (χ1v) is 8.16. The second kappa shape index (κ2) is 11.7. The van der Waals surface area contributed by atoms with Crippen molar-refractivity contribution in [3.8, 4) is 11.5 Å². The van der Waals surface area contributed by atoms with E-state index in [0.717, 1.165) is 31.3 Å². The van der Waals surface area contributed by atoms with Crippen LogP contribution in [0.5, 0.6) is 11.5 Å². The molecule has 0 heterocycles. The van der Waals surface area contributed by atoms with Crippen molar-refractivity contribution >= 4 is 12.3 Å². The minimum atomic E-state index is -0.454. The van der Waals surface area contributed by atoms with Gasteiger partial charge in [0.2, 0.25) is 0 Å². The Morgan fingerprint density at radius 1 is 1.08 bits per heavy atom. The number of ether oxygens (including phenoxy) is 2. The normalized spacial score (nSPS) is 9.52. The summed E-state index contributed by atoms with van der Waals surface area (Å²) < 4.78 is 9.91. The number of phenolic OH excluding ortho intramolecular Hbond substituents is 1. The predicted molar refractivity (Wildman–Crippen MR) is 96.3 cm³/mol. The number of aldehydes is 1. The first-order valence-electron chi connectivity index (χ1n) is 8.16. The van der Waals surface area contributed by atoms with Crippen LogP contribution in [-0.4, -0.2) is 31.1 Å². The van der Waals surface area contributed by atoms with Crippen LogP contribution in [0.2, 0.25) is 0 Å². The summed E-state index contributed by atoms with van der Waals surface area (Å²) in [6.45, 7) is 2.51. The molecule has 0 atom stereocenters. The molecule has 0 unspecified atom stereocenters. The molecule has 2 aromatic rings. The number of aromatic hydroxyl groups is 1. The van der Waals surface area contributed by atoms with Gasteiger partial charge in [0, 0.05) is 5.56 Å². The molecule has 5 nitrogen and oxygen atoms in total. The fourth-order valence-electron chi connectivity index (χ4n) is 1.92. The van der Waals surface area contributed by atoms with E-state index in [0.29, 0.717) is 12.2 Å². The first-order chi connectivity index (χ1) is 12.1. The molecule has 0 fully saturated rings. The smallest absolute Gasteiger partial charge is 0.341 e. The highest BCUT2D eigenvalue weighted by Gasteiger charge is 2.10. The van der Waals surface area contributed by atoms with Crippen molar-refractivity contribution in [2.24, 2.45) is 0 Å². The largest absolute Gasteiger partial charge is 0.507 e. The summed E-state index contributed by atoms with van der Waals surface area (Å²) >= 11 is 0. The third kappa shape index (κ3) is 7.52. The van der Waals surface area contributed by atoms with Gasteiger partial charge in [-0.3, -0.25) is 4.79 Å². The molecule has 5 heteroatoms. The maximum Gasteiger partial charge on any atom is 0.341 e. The molecule has 0 bridgehead atoms. The van der Waals surface area contributed by atoms with Crippen molar-refractivity contribution in [3.05, 3.63) is 59.7 Å². The average Bonchev–Trinajstić information content (AvgIpc) is 2.66. The highest BCUT2D eigenvalue weighted by molar-refractivity contribution is 5.92. The zero-order valence-electron chi connectivity index (χ0n) is 14.6. The number of benzene rings is 2. The number of hydrogen-bond donors (Lipinski definition) is 1. The Labute approximate surface area is 148 Å². The van der Waals surface area contributed by atoms with Gasteiger partial charge < -0.3 is 14.6 Å². The topological polar surface area (TPSA) is 72.8 Å². The molecule has 134 valence electrons. The SMILES string of the molecule is CCCCCOC(=O)c1ccccc1O.COc1ccc(C=O)cc1. The van der Waals surface area contributed by atoms with E-state index in [1.165, 1.54) is 6.07 Å². The number of methoxy groups -OCH3 is 1. The Hall–Kier alpha value is -2.82. The van der Waals surface area contributed by atoms with Gasteiger partial charge in [-0.05, 0) is 42.8 Å². The summed E-state index contributed by atoms with van der Waals surface area (Å²) in [5.74, 6) is 0.285. The maximum absolute atomic E-state index is 11.4. The number of rotatable bonds is 7. The summed E-state index contributed by atoms with van der Waals surface area (Å²) in [6, 6.07) is 13.3. The van der Waals surface area contributed by atoms with Gasteiger partial charge in [0.15, 0.2) is 0 Å². The molecule has 0 radical (unpaired) electrons. The molecule has 2 aromatic carbocycles. The van der Waals surface area contributed by atoms with E-state index in [1.54, 1.807) is 49.6 Å². The summed E-state index contributed by atoms with van der Waals surface area (Å²) in [6.07, 6.45) is 3.82. The molecule has 0 saturated heterocycles. The van der Waals surface area contributed by atoms with E-state index < -0.39 is 5.97 Å². The molecule has 0 aliphatic rings. The quantitative estimate of drug-likeness (QED) is 0.462. The van der Waals surface area contributed by atoms with Crippen LogP contribution in [-0.2, 0) is 4.74 Å². The minimum absolute atomic E-state index is 0.0296. The van der Waals surface area contributed by atoms with Crippen molar-refractivity contribution in [1.82, 2.24) is 0 Å². The minimum Gasteiger partial charge on any atom is -0.507 e. The lowest BCUT2D eigenvalue weighted by molar-refractivity contribution is 0.0495. The molecule has 25 heavy (non-hydrogen) atoms. The number of para-hydroxylation sites is 1. The Balaban J connectivity index is 0.000000271. The summed E-state index contributed by atoms with van der Waals surface area (Å²) in [5.41, 5.74) is 0.898. The zero-order chi connectivity index (χ0) is 18.5. The fourth-order valence-corrected chi connectivity index (χ4v) is 1.92.